The molecule has 2 aliphatic carbocycles. The molecule has 0 amide bonds. The van der Waals surface area contributed by atoms with E-state index >= 15 is 0 Å². The van der Waals surface area contributed by atoms with E-state index in [1.807, 2.05) is 18.2 Å². The molecule has 0 fully saturated rings. The molecular weight excluding hydrogens is 219 g/mol. The van der Waals surface area contributed by atoms with E-state index < -0.39 is 11.6 Å². The first kappa shape index (κ1) is 9.84. The maximum absolute atomic E-state index is 8.35. The van der Waals surface area contributed by atoms with Gasteiger partial charge in [0.15, 0.2) is 0 Å². The van der Waals surface area contributed by atoms with Crippen LogP contribution in [0.3, 0.4) is 0 Å². The number of thiol groups is 1. The first-order chi connectivity index (χ1) is 5.70. The SMILES string of the molecule is ClC1=C2C=CC(=C1)C2Cl.O=[SH-]=O. The number of hydrogen-bond donors (Lipinski definition) is 0. The highest BCUT2D eigenvalue weighted by atomic mass is 35.5. The highest BCUT2D eigenvalue weighted by Gasteiger charge is 2.26. The standard InChI is InChI=1S/C7H4Cl2.HO2S/c8-6-3-4-1-2-5(6)7(4)9;1-3-2/h1-3,7H;3H/q;-1. The normalized spacial score (nSPS) is 23.8. The zero-order valence-corrected chi connectivity index (χ0v) is 8.24. The lowest BCUT2D eigenvalue weighted by Gasteiger charge is -1.95. The lowest BCUT2D eigenvalue weighted by Crippen LogP contribution is -1.90. The van der Waals surface area contributed by atoms with Crippen LogP contribution in [0.1, 0.15) is 0 Å². The Hall–Kier alpha value is -0.250. The number of rotatable bonds is 0. The maximum atomic E-state index is 8.35. The van der Waals surface area contributed by atoms with Gasteiger partial charge in [-0.05, 0) is 17.2 Å². The van der Waals surface area contributed by atoms with Gasteiger partial charge in [0, 0.05) is 5.03 Å². The number of fused-ring (bicyclic) bond motifs is 2. The van der Waals surface area contributed by atoms with E-state index in [1.165, 1.54) is 0 Å². The molecule has 0 aromatic carbocycles. The van der Waals surface area contributed by atoms with Gasteiger partial charge >= 0.3 is 0 Å². The van der Waals surface area contributed by atoms with Crippen LogP contribution in [0.4, 0.5) is 0 Å². The van der Waals surface area contributed by atoms with Gasteiger partial charge in [0.05, 0.1) is 5.38 Å². The Labute approximate surface area is 83.2 Å². The van der Waals surface area contributed by atoms with Gasteiger partial charge in [-0.3, -0.25) is 0 Å². The quantitative estimate of drug-likeness (QED) is 0.358. The summed E-state index contributed by atoms with van der Waals surface area (Å²) in [4.78, 5) is 0. The predicted molar refractivity (Wildman–Crippen MR) is 49.9 cm³/mol. The lowest BCUT2D eigenvalue weighted by molar-refractivity contribution is 0.541. The van der Waals surface area contributed by atoms with Crippen molar-refractivity contribution in [2.75, 3.05) is 0 Å². The zero-order chi connectivity index (χ0) is 9.14. The molecule has 2 rings (SSSR count). The third-order valence-corrected chi connectivity index (χ3v) is 2.40. The average Bonchev–Trinajstić information content (AvgIpc) is 2.47. The van der Waals surface area contributed by atoms with Crippen LogP contribution < -0.4 is 0 Å². The molecule has 5 heteroatoms. The molecule has 0 aliphatic heterocycles. The minimum atomic E-state index is -1.08. The summed E-state index contributed by atoms with van der Waals surface area (Å²) in [6, 6.07) is 0. The minimum absolute atomic E-state index is 0.0394. The van der Waals surface area contributed by atoms with Crippen LogP contribution in [0.2, 0.25) is 0 Å². The molecule has 0 heterocycles. The van der Waals surface area contributed by atoms with Crippen LogP contribution in [0.15, 0.2) is 34.4 Å². The van der Waals surface area contributed by atoms with E-state index in [1.54, 1.807) is 0 Å². The van der Waals surface area contributed by atoms with Crippen LogP contribution in [-0.4, -0.2) is 5.38 Å². The van der Waals surface area contributed by atoms with Gasteiger partial charge in [0.25, 0.3) is 0 Å². The molecule has 0 saturated heterocycles. The van der Waals surface area contributed by atoms with Crippen molar-refractivity contribution < 1.29 is 8.42 Å². The summed E-state index contributed by atoms with van der Waals surface area (Å²) in [6.45, 7) is 0. The Morgan fingerprint density at radius 1 is 1.33 bits per heavy atom. The lowest BCUT2D eigenvalue weighted by atomic mass is 10.3. The molecule has 2 bridgehead atoms. The van der Waals surface area contributed by atoms with Gasteiger partial charge in [-0.2, -0.15) is 0 Å². The Kier molecular flexibility index (Phi) is 3.38. The molecule has 0 spiro atoms. The van der Waals surface area contributed by atoms with E-state index in [0.717, 1.165) is 16.2 Å². The molecule has 2 aliphatic rings. The van der Waals surface area contributed by atoms with Crippen molar-refractivity contribution in [3.05, 3.63) is 34.4 Å². The summed E-state index contributed by atoms with van der Waals surface area (Å²) in [6.07, 6.45) is 5.88. The smallest absolute Gasteiger partial charge is 0.0850 e. The second kappa shape index (κ2) is 4.12. The van der Waals surface area contributed by atoms with Crippen molar-refractivity contribution in [2.45, 2.75) is 5.38 Å². The first-order valence-corrected chi connectivity index (χ1v) is 4.63. The fourth-order valence-electron chi connectivity index (χ4n) is 1.09. The van der Waals surface area contributed by atoms with Crippen LogP contribution in [0, 0.1) is 0 Å². The van der Waals surface area contributed by atoms with Gasteiger partial charge in [0.1, 0.15) is 0 Å². The summed E-state index contributed by atoms with van der Waals surface area (Å²) in [5.41, 5.74) is 2.17. The molecule has 0 aromatic heterocycles. The van der Waals surface area contributed by atoms with Gasteiger partial charge < -0.3 is 8.42 Å². The van der Waals surface area contributed by atoms with E-state index in [-0.39, 0.29) is 5.38 Å². The van der Waals surface area contributed by atoms with E-state index in [4.69, 9.17) is 31.6 Å². The molecule has 12 heavy (non-hydrogen) atoms. The highest BCUT2D eigenvalue weighted by molar-refractivity contribution is 7.51. The van der Waals surface area contributed by atoms with E-state index in [2.05, 4.69) is 0 Å². The Morgan fingerprint density at radius 2 is 1.92 bits per heavy atom. The van der Waals surface area contributed by atoms with Crippen molar-refractivity contribution in [3.8, 4) is 0 Å². The molecular formula is C7H5Cl2O2S-. The van der Waals surface area contributed by atoms with Crippen molar-refractivity contribution in [3.63, 3.8) is 0 Å². The Bertz CT molecular complexity index is 324. The van der Waals surface area contributed by atoms with Gasteiger partial charge in [-0.15, -0.1) is 11.6 Å². The molecule has 66 valence electrons. The van der Waals surface area contributed by atoms with Crippen LogP contribution in [0.25, 0.3) is 0 Å². The third kappa shape index (κ3) is 1.73. The molecule has 2 nitrogen and oxygen atoms in total. The maximum Gasteiger partial charge on any atom is 0.0850 e. The fourth-order valence-corrected chi connectivity index (χ4v) is 1.77. The van der Waals surface area contributed by atoms with Crippen LogP contribution in [-0.2, 0) is 20.0 Å². The Balaban J connectivity index is 0.000000213. The monoisotopic (exact) mass is 223 g/mol. The number of alkyl halides is 1. The van der Waals surface area contributed by atoms with Crippen LogP contribution in [0.5, 0.6) is 0 Å². The minimum Gasteiger partial charge on any atom is -0.427 e. The summed E-state index contributed by atoms with van der Waals surface area (Å²) >= 11 is 10.6. The summed E-state index contributed by atoms with van der Waals surface area (Å²) in [7, 11) is 0. The van der Waals surface area contributed by atoms with E-state index in [0.29, 0.717) is 0 Å². The largest absolute Gasteiger partial charge is 0.427 e. The topological polar surface area (TPSA) is 34.1 Å². The second-order valence-corrected chi connectivity index (χ2v) is 3.21. The molecule has 1 unspecified atom stereocenters. The number of allylic oxidation sites excluding steroid dienone is 6. The van der Waals surface area contributed by atoms with Gasteiger partial charge in [-0.1, -0.05) is 35.3 Å². The van der Waals surface area contributed by atoms with Gasteiger partial charge in [-0.25, -0.2) is 0 Å². The van der Waals surface area contributed by atoms with Crippen LogP contribution >= 0.6 is 23.2 Å². The van der Waals surface area contributed by atoms with Gasteiger partial charge in [0.2, 0.25) is 0 Å². The van der Waals surface area contributed by atoms with Crippen molar-refractivity contribution in [2.24, 2.45) is 0 Å². The Morgan fingerprint density at radius 3 is 2.08 bits per heavy atom. The summed E-state index contributed by atoms with van der Waals surface area (Å²) < 4.78 is 16.7. The number of halogens is 2. The summed E-state index contributed by atoms with van der Waals surface area (Å²) in [5, 5.41) is 0.838. The molecule has 0 saturated carbocycles. The molecule has 0 radical (unpaired) electrons. The average molecular weight is 224 g/mol. The predicted octanol–water partition coefficient (Wildman–Crippen LogP) is 2.09. The zero-order valence-electron chi connectivity index (χ0n) is 5.83. The molecule has 0 N–H and O–H groups in total. The third-order valence-electron chi connectivity index (χ3n) is 1.59. The number of hydrogen-bond acceptors (Lipinski definition) is 3. The van der Waals surface area contributed by atoms with Crippen molar-refractivity contribution in [1.82, 2.24) is 0 Å². The van der Waals surface area contributed by atoms with Crippen molar-refractivity contribution in [1.29, 1.82) is 0 Å². The highest BCUT2D eigenvalue weighted by Crippen LogP contribution is 2.38. The molecule has 0 aromatic rings. The van der Waals surface area contributed by atoms with Crippen molar-refractivity contribution >= 4 is 34.8 Å². The second-order valence-electron chi connectivity index (χ2n) is 2.22. The van der Waals surface area contributed by atoms with E-state index in [9.17, 15) is 0 Å². The summed E-state index contributed by atoms with van der Waals surface area (Å²) in [5.74, 6) is 0. The molecule has 1 atom stereocenters. The fraction of sp³-hybridized carbons (Fsp3) is 0.143. The first-order valence-electron chi connectivity index (χ1n) is 3.09.